The first-order chi connectivity index (χ1) is 9.88. The number of ether oxygens (including phenoxy) is 1. The number of carbonyl (C=O) groups excluding carboxylic acids is 2. The molecule has 1 aliphatic heterocycles. The average Bonchev–Trinajstić information content (AvgIpc) is 2.84. The molecule has 0 spiro atoms. The summed E-state index contributed by atoms with van der Waals surface area (Å²) in [6.45, 7) is 7.53. The number of amides is 2. The van der Waals surface area contributed by atoms with E-state index in [4.69, 9.17) is 10.5 Å². The third kappa shape index (κ3) is 3.81. The van der Waals surface area contributed by atoms with Gasteiger partial charge in [-0.3, -0.25) is 9.59 Å². The van der Waals surface area contributed by atoms with Gasteiger partial charge >= 0.3 is 0 Å². The molecule has 2 rings (SSSR count). The molecule has 1 fully saturated rings. The molecular weight excluding hydrogens is 290 g/mol. The SMILES string of the molecule is C[C@@H]1C[NH+]([C@@H](C)C(=O)Nc2sccc2C(N)=O)C[C@H](C)O1. The van der Waals surface area contributed by atoms with Gasteiger partial charge in [0.2, 0.25) is 0 Å². The van der Waals surface area contributed by atoms with Crippen LogP contribution in [0.5, 0.6) is 0 Å². The number of primary amides is 1. The Morgan fingerprint density at radius 1 is 1.43 bits per heavy atom. The summed E-state index contributed by atoms with van der Waals surface area (Å²) in [5.74, 6) is -0.628. The number of rotatable bonds is 4. The number of hydrogen-bond acceptors (Lipinski definition) is 4. The molecule has 1 aromatic heterocycles. The Bertz CT molecular complexity index is 521. The number of hydrogen-bond donors (Lipinski definition) is 3. The Balaban J connectivity index is 2.02. The molecule has 21 heavy (non-hydrogen) atoms. The van der Waals surface area contributed by atoms with E-state index in [9.17, 15) is 9.59 Å². The van der Waals surface area contributed by atoms with E-state index in [-0.39, 0.29) is 24.2 Å². The van der Waals surface area contributed by atoms with Crippen LogP contribution in [0.25, 0.3) is 0 Å². The third-order valence-corrected chi connectivity index (χ3v) is 4.57. The highest BCUT2D eigenvalue weighted by molar-refractivity contribution is 7.14. The van der Waals surface area contributed by atoms with Crippen molar-refractivity contribution in [1.82, 2.24) is 0 Å². The van der Waals surface area contributed by atoms with E-state index in [0.29, 0.717) is 10.6 Å². The number of quaternary nitrogens is 1. The zero-order valence-corrected chi connectivity index (χ0v) is 13.3. The fourth-order valence-corrected chi connectivity index (χ4v) is 3.47. The van der Waals surface area contributed by atoms with Gasteiger partial charge in [-0.05, 0) is 32.2 Å². The predicted octanol–water partition coefficient (Wildman–Crippen LogP) is -0.134. The topological polar surface area (TPSA) is 85.9 Å². The molecule has 6 nitrogen and oxygen atoms in total. The van der Waals surface area contributed by atoms with Gasteiger partial charge in [-0.15, -0.1) is 11.3 Å². The van der Waals surface area contributed by atoms with E-state index >= 15 is 0 Å². The molecule has 2 heterocycles. The number of anilines is 1. The highest BCUT2D eigenvalue weighted by atomic mass is 32.1. The molecule has 1 aromatic rings. The van der Waals surface area contributed by atoms with Gasteiger partial charge in [0.15, 0.2) is 6.04 Å². The Kier molecular flexibility index (Phi) is 4.97. The normalized spacial score (nSPS) is 27.1. The maximum Gasteiger partial charge on any atom is 0.282 e. The van der Waals surface area contributed by atoms with E-state index in [0.717, 1.165) is 13.1 Å². The molecule has 2 amide bonds. The van der Waals surface area contributed by atoms with Crippen LogP contribution in [-0.2, 0) is 9.53 Å². The van der Waals surface area contributed by atoms with Gasteiger partial charge in [0, 0.05) is 0 Å². The van der Waals surface area contributed by atoms with E-state index in [1.54, 1.807) is 11.4 Å². The molecular formula is C14H22N3O3S+. The molecule has 4 atom stereocenters. The van der Waals surface area contributed by atoms with Crippen LogP contribution in [0.1, 0.15) is 31.1 Å². The van der Waals surface area contributed by atoms with Crippen molar-refractivity contribution in [3.8, 4) is 0 Å². The van der Waals surface area contributed by atoms with E-state index in [1.165, 1.54) is 16.2 Å². The Morgan fingerprint density at radius 2 is 2.05 bits per heavy atom. The zero-order chi connectivity index (χ0) is 15.6. The lowest BCUT2D eigenvalue weighted by atomic mass is 10.1. The number of thiophene rings is 1. The molecule has 1 unspecified atom stereocenters. The summed E-state index contributed by atoms with van der Waals surface area (Å²) < 4.78 is 5.69. The summed E-state index contributed by atoms with van der Waals surface area (Å²) >= 11 is 1.30. The van der Waals surface area contributed by atoms with Crippen molar-refractivity contribution in [3.63, 3.8) is 0 Å². The molecule has 0 aliphatic carbocycles. The Morgan fingerprint density at radius 3 is 2.62 bits per heavy atom. The van der Waals surface area contributed by atoms with Crippen molar-refractivity contribution in [3.05, 3.63) is 17.0 Å². The van der Waals surface area contributed by atoms with Crippen molar-refractivity contribution in [2.45, 2.75) is 39.0 Å². The van der Waals surface area contributed by atoms with Crippen LogP contribution in [0, 0.1) is 0 Å². The van der Waals surface area contributed by atoms with Gasteiger partial charge < -0.3 is 20.7 Å². The van der Waals surface area contributed by atoms with Gasteiger partial charge in [0.1, 0.15) is 30.3 Å². The standard InChI is InChI=1S/C14H21N3O3S/c1-8-6-17(7-9(2)20-8)10(3)13(19)16-14-11(12(15)18)4-5-21-14/h4-5,8-10H,6-7H2,1-3H3,(H2,15,18)(H,16,19)/p+1/t8-,9+,10-/m0/s1. The quantitative estimate of drug-likeness (QED) is 0.724. The van der Waals surface area contributed by atoms with E-state index in [2.05, 4.69) is 5.32 Å². The molecule has 0 saturated carbocycles. The smallest absolute Gasteiger partial charge is 0.282 e. The van der Waals surface area contributed by atoms with Gasteiger partial charge in [-0.2, -0.15) is 0 Å². The van der Waals surface area contributed by atoms with Crippen LogP contribution >= 0.6 is 11.3 Å². The van der Waals surface area contributed by atoms with Crippen molar-refractivity contribution < 1.29 is 19.2 Å². The first-order valence-corrected chi connectivity index (χ1v) is 7.94. The molecule has 116 valence electrons. The molecule has 0 aromatic carbocycles. The summed E-state index contributed by atoms with van der Waals surface area (Å²) in [5.41, 5.74) is 5.65. The second kappa shape index (κ2) is 6.55. The van der Waals surface area contributed by atoms with Gasteiger partial charge in [0.25, 0.3) is 11.8 Å². The van der Waals surface area contributed by atoms with Crippen LogP contribution in [0.2, 0.25) is 0 Å². The average molecular weight is 312 g/mol. The van der Waals surface area contributed by atoms with Crippen molar-refractivity contribution in [2.24, 2.45) is 5.73 Å². The van der Waals surface area contributed by atoms with Crippen LogP contribution in [-0.4, -0.2) is 43.2 Å². The molecule has 1 aliphatic rings. The fraction of sp³-hybridized carbons (Fsp3) is 0.571. The van der Waals surface area contributed by atoms with E-state index in [1.807, 2.05) is 20.8 Å². The summed E-state index contributed by atoms with van der Waals surface area (Å²) in [6, 6.07) is 1.42. The van der Waals surface area contributed by atoms with Crippen molar-refractivity contribution in [1.29, 1.82) is 0 Å². The van der Waals surface area contributed by atoms with Crippen molar-refractivity contribution >= 4 is 28.2 Å². The summed E-state index contributed by atoms with van der Waals surface area (Å²) in [4.78, 5) is 24.8. The van der Waals surface area contributed by atoms with Crippen LogP contribution in [0.4, 0.5) is 5.00 Å². The lowest BCUT2D eigenvalue weighted by Gasteiger charge is -2.35. The van der Waals surface area contributed by atoms with Gasteiger partial charge in [-0.1, -0.05) is 0 Å². The number of carbonyl (C=O) groups is 2. The molecule has 7 heteroatoms. The molecule has 1 saturated heterocycles. The highest BCUT2D eigenvalue weighted by Crippen LogP contribution is 2.22. The van der Waals surface area contributed by atoms with E-state index < -0.39 is 5.91 Å². The largest absolute Gasteiger partial charge is 0.366 e. The second-order valence-electron chi connectivity index (χ2n) is 5.56. The summed E-state index contributed by atoms with van der Waals surface area (Å²) in [6.07, 6.45) is 0.281. The maximum atomic E-state index is 12.4. The summed E-state index contributed by atoms with van der Waals surface area (Å²) in [5, 5.41) is 5.08. The lowest BCUT2D eigenvalue weighted by Crippen LogP contribution is -3.19. The third-order valence-electron chi connectivity index (χ3n) is 3.74. The van der Waals surface area contributed by atoms with Gasteiger partial charge in [0.05, 0.1) is 5.56 Å². The zero-order valence-electron chi connectivity index (χ0n) is 12.5. The minimum atomic E-state index is -0.528. The molecule has 0 bridgehead atoms. The van der Waals surface area contributed by atoms with Gasteiger partial charge in [-0.25, -0.2) is 0 Å². The van der Waals surface area contributed by atoms with Crippen LogP contribution < -0.4 is 16.0 Å². The van der Waals surface area contributed by atoms with Crippen molar-refractivity contribution in [2.75, 3.05) is 18.4 Å². The Hall–Kier alpha value is -1.44. The predicted molar refractivity (Wildman–Crippen MR) is 81.6 cm³/mol. The minimum Gasteiger partial charge on any atom is -0.366 e. The first-order valence-electron chi connectivity index (χ1n) is 7.06. The second-order valence-corrected chi connectivity index (χ2v) is 6.48. The molecule has 0 radical (unpaired) electrons. The first kappa shape index (κ1) is 15.9. The lowest BCUT2D eigenvalue weighted by molar-refractivity contribution is -0.928. The fourth-order valence-electron chi connectivity index (χ4n) is 2.67. The summed E-state index contributed by atoms with van der Waals surface area (Å²) in [7, 11) is 0. The number of nitrogens with one attached hydrogen (secondary N) is 2. The molecule has 4 N–H and O–H groups in total. The minimum absolute atomic E-state index is 0.101. The maximum absolute atomic E-state index is 12.4. The van der Waals surface area contributed by atoms with Crippen LogP contribution in [0.15, 0.2) is 11.4 Å². The highest BCUT2D eigenvalue weighted by Gasteiger charge is 2.33. The van der Waals surface area contributed by atoms with Crippen LogP contribution in [0.3, 0.4) is 0 Å². The monoisotopic (exact) mass is 312 g/mol. The number of nitrogens with two attached hydrogens (primary N) is 1. The Labute approximate surface area is 128 Å². The number of morpholine rings is 1.